The second-order valence-corrected chi connectivity index (χ2v) is 8.24. The predicted octanol–water partition coefficient (Wildman–Crippen LogP) is 4.33. The van der Waals surface area contributed by atoms with Crippen LogP contribution in [-0.4, -0.2) is 42.3 Å². The minimum atomic E-state index is -0.984. The standard InChI is InChI=1S/C21H21BrClN3O3/c1-3-29-20(28)21(2)13-26(25-19(21)14-4-8-16(23)9-5-14)12-18(27)24-17-10-6-15(22)7-11-17/h4-11H,3,12-13H2,1-2H3,(H,24,27). The first-order chi connectivity index (χ1) is 13.8. The van der Waals surface area contributed by atoms with Gasteiger partial charge in [-0.1, -0.05) is 39.7 Å². The molecular weight excluding hydrogens is 458 g/mol. The number of amides is 1. The second kappa shape index (κ2) is 8.97. The molecule has 1 N–H and O–H groups in total. The molecule has 6 nitrogen and oxygen atoms in total. The van der Waals surface area contributed by atoms with Crippen molar-refractivity contribution in [3.05, 3.63) is 63.6 Å². The van der Waals surface area contributed by atoms with Crippen LogP contribution in [0.25, 0.3) is 0 Å². The highest BCUT2D eigenvalue weighted by Gasteiger charge is 2.47. The number of nitrogens with zero attached hydrogens (tertiary/aromatic N) is 2. The summed E-state index contributed by atoms with van der Waals surface area (Å²) in [5.41, 5.74) is 1.03. The van der Waals surface area contributed by atoms with Gasteiger partial charge < -0.3 is 10.1 Å². The summed E-state index contributed by atoms with van der Waals surface area (Å²) in [7, 11) is 0. The largest absolute Gasteiger partial charge is 0.465 e. The van der Waals surface area contributed by atoms with Crippen LogP contribution in [0.5, 0.6) is 0 Å². The number of rotatable bonds is 6. The van der Waals surface area contributed by atoms with Gasteiger partial charge in [-0.2, -0.15) is 5.10 Å². The Hall–Kier alpha value is -2.38. The quantitative estimate of drug-likeness (QED) is 0.627. The number of anilines is 1. The van der Waals surface area contributed by atoms with Crippen molar-refractivity contribution in [2.45, 2.75) is 13.8 Å². The molecule has 29 heavy (non-hydrogen) atoms. The van der Waals surface area contributed by atoms with Crippen molar-refractivity contribution in [2.75, 3.05) is 25.0 Å². The second-order valence-electron chi connectivity index (χ2n) is 6.89. The average Bonchev–Trinajstić information content (AvgIpc) is 3.02. The van der Waals surface area contributed by atoms with Crippen LogP contribution in [0.15, 0.2) is 58.1 Å². The molecule has 2 aromatic carbocycles. The Bertz CT molecular complexity index is 931. The number of halogens is 2. The molecule has 0 saturated heterocycles. The van der Waals surface area contributed by atoms with Gasteiger partial charge in [-0.25, -0.2) is 0 Å². The van der Waals surface area contributed by atoms with Gasteiger partial charge in [-0.3, -0.25) is 14.6 Å². The number of hydrogen-bond acceptors (Lipinski definition) is 5. The van der Waals surface area contributed by atoms with Gasteiger partial charge in [0, 0.05) is 15.2 Å². The third kappa shape index (κ3) is 4.97. The van der Waals surface area contributed by atoms with Crippen LogP contribution >= 0.6 is 27.5 Å². The smallest absolute Gasteiger partial charge is 0.319 e. The van der Waals surface area contributed by atoms with Gasteiger partial charge in [0.15, 0.2) is 0 Å². The summed E-state index contributed by atoms with van der Waals surface area (Å²) in [4.78, 5) is 25.2. The van der Waals surface area contributed by atoms with E-state index in [0.29, 0.717) is 16.4 Å². The fourth-order valence-electron chi connectivity index (χ4n) is 3.15. The number of carbonyl (C=O) groups is 2. The lowest BCUT2D eigenvalue weighted by molar-refractivity contribution is -0.150. The van der Waals surface area contributed by atoms with Crippen LogP contribution in [0.1, 0.15) is 19.4 Å². The summed E-state index contributed by atoms with van der Waals surface area (Å²) >= 11 is 9.35. The zero-order valence-electron chi connectivity index (χ0n) is 16.1. The first kappa shape index (κ1) is 21.3. The highest BCUT2D eigenvalue weighted by atomic mass is 79.9. The lowest BCUT2D eigenvalue weighted by atomic mass is 9.82. The highest BCUT2D eigenvalue weighted by molar-refractivity contribution is 9.10. The number of carbonyl (C=O) groups excluding carboxylic acids is 2. The number of ether oxygens (including phenoxy) is 1. The Morgan fingerprint density at radius 2 is 1.86 bits per heavy atom. The van der Waals surface area contributed by atoms with Gasteiger partial charge >= 0.3 is 5.97 Å². The molecule has 0 aromatic heterocycles. The molecule has 1 aliphatic heterocycles. The van der Waals surface area contributed by atoms with E-state index < -0.39 is 5.41 Å². The highest BCUT2D eigenvalue weighted by Crippen LogP contribution is 2.33. The molecule has 0 spiro atoms. The van der Waals surface area contributed by atoms with E-state index in [-0.39, 0.29) is 31.6 Å². The van der Waals surface area contributed by atoms with E-state index in [1.165, 1.54) is 0 Å². The monoisotopic (exact) mass is 477 g/mol. The summed E-state index contributed by atoms with van der Waals surface area (Å²) in [6.07, 6.45) is 0. The molecule has 0 radical (unpaired) electrons. The maximum Gasteiger partial charge on any atom is 0.319 e. The molecule has 8 heteroatoms. The van der Waals surface area contributed by atoms with Crippen molar-refractivity contribution in [1.82, 2.24) is 5.01 Å². The molecule has 1 atom stereocenters. The van der Waals surface area contributed by atoms with E-state index in [1.807, 2.05) is 24.3 Å². The van der Waals surface area contributed by atoms with Crippen LogP contribution in [0.2, 0.25) is 5.02 Å². The maximum atomic E-state index is 12.7. The molecule has 1 heterocycles. The van der Waals surface area contributed by atoms with Gasteiger partial charge in [-0.15, -0.1) is 0 Å². The number of benzene rings is 2. The Morgan fingerprint density at radius 3 is 2.48 bits per heavy atom. The predicted molar refractivity (Wildman–Crippen MR) is 117 cm³/mol. The van der Waals surface area contributed by atoms with Gasteiger partial charge in [0.05, 0.1) is 18.9 Å². The minimum Gasteiger partial charge on any atom is -0.465 e. The molecule has 0 aliphatic carbocycles. The Kier molecular flexibility index (Phi) is 6.59. The molecule has 1 unspecified atom stereocenters. The van der Waals surface area contributed by atoms with Gasteiger partial charge in [0.25, 0.3) is 0 Å². The molecule has 0 saturated carbocycles. The van der Waals surface area contributed by atoms with Crippen molar-refractivity contribution >= 4 is 50.8 Å². The van der Waals surface area contributed by atoms with Gasteiger partial charge in [-0.05, 0) is 55.8 Å². The van der Waals surface area contributed by atoms with Crippen molar-refractivity contribution in [1.29, 1.82) is 0 Å². The van der Waals surface area contributed by atoms with Crippen LogP contribution < -0.4 is 5.32 Å². The number of nitrogens with one attached hydrogen (secondary N) is 1. The lowest BCUT2D eigenvalue weighted by Gasteiger charge is -2.24. The van der Waals surface area contributed by atoms with Crippen molar-refractivity contribution in [3.63, 3.8) is 0 Å². The van der Waals surface area contributed by atoms with E-state index in [2.05, 4.69) is 26.3 Å². The van der Waals surface area contributed by atoms with E-state index in [0.717, 1.165) is 10.0 Å². The fraction of sp³-hybridized carbons (Fsp3) is 0.286. The van der Waals surface area contributed by atoms with Crippen LogP contribution in [0.3, 0.4) is 0 Å². The summed E-state index contributed by atoms with van der Waals surface area (Å²) in [6.45, 7) is 4.08. The molecular formula is C21H21BrClN3O3. The van der Waals surface area contributed by atoms with Gasteiger partial charge in [0.2, 0.25) is 5.91 Å². The molecule has 0 fully saturated rings. The summed E-state index contributed by atoms with van der Waals surface area (Å²) in [5, 5.41) is 9.60. The van der Waals surface area contributed by atoms with Crippen molar-refractivity contribution < 1.29 is 14.3 Å². The first-order valence-electron chi connectivity index (χ1n) is 9.14. The number of hydrogen-bond donors (Lipinski definition) is 1. The minimum absolute atomic E-state index is 0.0160. The lowest BCUT2D eigenvalue weighted by Crippen LogP contribution is -2.41. The van der Waals surface area contributed by atoms with E-state index >= 15 is 0 Å². The summed E-state index contributed by atoms with van der Waals surface area (Å²) in [6, 6.07) is 14.4. The fourth-order valence-corrected chi connectivity index (χ4v) is 3.54. The Labute approximate surface area is 183 Å². The van der Waals surface area contributed by atoms with Crippen molar-refractivity contribution in [2.24, 2.45) is 10.5 Å². The van der Waals surface area contributed by atoms with Gasteiger partial charge in [0.1, 0.15) is 12.0 Å². The SMILES string of the molecule is CCOC(=O)C1(C)CN(CC(=O)Nc2ccc(Br)cc2)N=C1c1ccc(Cl)cc1. The van der Waals surface area contributed by atoms with Crippen LogP contribution in [0.4, 0.5) is 5.69 Å². The molecule has 152 valence electrons. The topological polar surface area (TPSA) is 71.0 Å². The van der Waals surface area contributed by atoms with E-state index in [9.17, 15) is 9.59 Å². The first-order valence-corrected chi connectivity index (χ1v) is 10.3. The molecule has 3 rings (SSSR count). The normalized spacial score (nSPS) is 18.3. The van der Waals surface area contributed by atoms with Crippen LogP contribution in [-0.2, 0) is 14.3 Å². The number of esters is 1. The molecule has 1 amide bonds. The average molecular weight is 479 g/mol. The molecule has 1 aliphatic rings. The Balaban J connectivity index is 1.80. The van der Waals surface area contributed by atoms with Crippen LogP contribution in [0, 0.1) is 5.41 Å². The van der Waals surface area contributed by atoms with E-state index in [4.69, 9.17) is 16.3 Å². The van der Waals surface area contributed by atoms with Crippen molar-refractivity contribution in [3.8, 4) is 0 Å². The molecule has 0 bridgehead atoms. The third-order valence-electron chi connectivity index (χ3n) is 4.56. The zero-order chi connectivity index (χ0) is 21.0. The molecule has 2 aromatic rings. The Morgan fingerprint density at radius 1 is 1.21 bits per heavy atom. The third-order valence-corrected chi connectivity index (χ3v) is 5.34. The number of hydrazone groups is 1. The zero-order valence-corrected chi connectivity index (χ0v) is 18.5. The summed E-state index contributed by atoms with van der Waals surface area (Å²) in [5.74, 6) is -0.593. The maximum absolute atomic E-state index is 12.7. The summed E-state index contributed by atoms with van der Waals surface area (Å²) < 4.78 is 6.22. The van der Waals surface area contributed by atoms with E-state index in [1.54, 1.807) is 43.1 Å².